The van der Waals surface area contributed by atoms with Crippen molar-refractivity contribution < 1.29 is 9.72 Å². The summed E-state index contributed by atoms with van der Waals surface area (Å²) in [5, 5.41) is 11.0. The van der Waals surface area contributed by atoms with Crippen LogP contribution in [0.4, 0.5) is 5.69 Å². The summed E-state index contributed by atoms with van der Waals surface area (Å²) < 4.78 is 2.39. The van der Waals surface area contributed by atoms with E-state index in [4.69, 9.17) is 6.42 Å². The van der Waals surface area contributed by atoms with E-state index in [-0.39, 0.29) is 24.6 Å². The van der Waals surface area contributed by atoms with Crippen molar-refractivity contribution in [1.29, 1.82) is 0 Å². The summed E-state index contributed by atoms with van der Waals surface area (Å²) in [5.41, 5.74) is 3.77. The van der Waals surface area contributed by atoms with Gasteiger partial charge in [0.1, 0.15) is 0 Å². The van der Waals surface area contributed by atoms with Crippen molar-refractivity contribution in [3.8, 4) is 12.3 Å². The minimum Gasteiger partial charge on any atom is -0.305 e. The van der Waals surface area contributed by atoms with Crippen molar-refractivity contribution in [1.82, 2.24) is 4.57 Å². The lowest BCUT2D eigenvalue weighted by atomic mass is 10.0. The van der Waals surface area contributed by atoms with Crippen LogP contribution in [0.25, 0.3) is 10.2 Å². The Labute approximate surface area is 160 Å². The molecular formula is C20H17N3O3S. The zero-order chi connectivity index (χ0) is 19.6. The second-order valence-corrected chi connectivity index (χ2v) is 7.21. The molecule has 1 heterocycles. The fourth-order valence-corrected chi connectivity index (χ4v) is 3.88. The average Bonchev–Trinajstić information content (AvgIpc) is 2.95. The Morgan fingerprint density at radius 3 is 2.78 bits per heavy atom. The van der Waals surface area contributed by atoms with Gasteiger partial charge in [-0.15, -0.1) is 6.42 Å². The highest BCUT2D eigenvalue weighted by molar-refractivity contribution is 7.16. The Morgan fingerprint density at radius 2 is 2.07 bits per heavy atom. The van der Waals surface area contributed by atoms with Gasteiger partial charge in [0, 0.05) is 12.1 Å². The summed E-state index contributed by atoms with van der Waals surface area (Å²) in [6, 6.07) is 10.5. The van der Waals surface area contributed by atoms with Crippen LogP contribution in [-0.2, 0) is 17.8 Å². The van der Waals surface area contributed by atoms with Gasteiger partial charge in [-0.2, -0.15) is 4.99 Å². The molecule has 0 atom stereocenters. The van der Waals surface area contributed by atoms with Gasteiger partial charge in [-0.25, -0.2) is 0 Å². The maximum atomic E-state index is 12.5. The highest BCUT2D eigenvalue weighted by Crippen LogP contribution is 2.23. The van der Waals surface area contributed by atoms with Crippen LogP contribution in [0.1, 0.15) is 16.7 Å². The zero-order valence-corrected chi connectivity index (χ0v) is 15.7. The zero-order valence-electron chi connectivity index (χ0n) is 14.9. The molecule has 0 aliphatic carbocycles. The minimum absolute atomic E-state index is 0.00938. The molecule has 0 aliphatic heterocycles. The molecule has 1 aromatic heterocycles. The molecule has 7 heteroatoms. The van der Waals surface area contributed by atoms with Crippen LogP contribution >= 0.6 is 11.3 Å². The van der Waals surface area contributed by atoms with Gasteiger partial charge in [0.05, 0.1) is 28.1 Å². The number of hydrogen-bond donors (Lipinski definition) is 0. The first-order valence-electron chi connectivity index (χ1n) is 8.24. The lowest BCUT2D eigenvalue weighted by Gasteiger charge is -2.04. The summed E-state index contributed by atoms with van der Waals surface area (Å²) in [6.07, 6.45) is 5.64. The van der Waals surface area contributed by atoms with Crippen LogP contribution in [0, 0.1) is 36.3 Å². The monoisotopic (exact) mass is 379 g/mol. The molecule has 3 aromatic rings. The quantitative estimate of drug-likeness (QED) is 0.395. The first-order chi connectivity index (χ1) is 12.9. The predicted molar refractivity (Wildman–Crippen MR) is 105 cm³/mol. The van der Waals surface area contributed by atoms with Gasteiger partial charge in [0.15, 0.2) is 4.80 Å². The van der Waals surface area contributed by atoms with Crippen LogP contribution in [-0.4, -0.2) is 15.4 Å². The number of carbonyl (C=O) groups is 1. The first kappa shape index (κ1) is 18.5. The highest BCUT2D eigenvalue weighted by atomic mass is 32.1. The highest BCUT2D eigenvalue weighted by Gasteiger charge is 2.13. The number of carbonyl (C=O) groups excluding carboxylic acids is 1. The fraction of sp³-hybridized carbons (Fsp3) is 0.200. The number of rotatable bonds is 4. The fourth-order valence-electron chi connectivity index (χ4n) is 2.80. The third-order valence-electron chi connectivity index (χ3n) is 4.19. The Morgan fingerprint density at radius 1 is 1.30 bits per heavy atom. The number of nitrogens with zero attached hydrogens (tertiary/aromatic N) is 3. The second kappa shape index (κ2) is 7.56. The lowest BCUT2D eigenvalue weighted by molar-refractivity contribution is -0.384. The summed E-state index contributed by atoms with van der Waals surface area (Å²) in [5.74, 6) is 2.26. The lowest BCUT2D eigenvalue weighted by Crippen LogP contribution is -2.17. The van der Waals surface area contributed by atoms with E-state index >= 15 is 0 Å². The summed E-state index contributed by atoms with van der Waals surface area (Å²) in [7, 11) is 0. The van der Waals surface area contributed by atoms with Gasteiger partial charge < -0.3 is 4.57 Å². The van der Waals surface area contributed by atoms with Crippen molar-refractivity contribution in [2.45, 2.75) is 26.8 Å². The molecule has 136 valence electrons. The Balaban J connectivity index is 2.04. The molecule has 0 saturated carbocycles. The molecule has 1 amide bonds. The predicted octanol–water partition coefficient (Wildman–Crippen LogP) is 3.53. The van der Waals surface area contributed by atoms with Crippen molar-refractivity contribution in [2.24, 2.45) is 4.99 Å². The summed E-state index contributed by atoms with van der Waals surface area (Å²) in [6.45, 7) is 4.16. The Kier molecular flexibility index (Phi) is 5.19. The topological polar surface area (TPSA) is 77.5 Å². The number of aromatic nitrogens is 1. The molecule has 0 aliphatic rings. The normalized spacial score (nSPS) is 11.5. The molecule has 0 saturated heterocycles. The Bertz CT molecular complexity index is 1170. The van der Waals surface area contributed by atoms with Gasteiger partial charge >= 0.3 is 0 Å². The van der Waals surface area contributed by atoms with E-state index in [0.717, 1.165) is 22.2 Å². The van der Waals surface area contributed by atoms with Crippen LogP contribution in [0.15, 0.2) is 41.4 Å². The molecule has 0 unspecified atom stereocenters. The van der Waals surface area contributed by atoms with E-state index in [0.29, 0.717) is 9.50 Å². The molecular weight excluding hydrogens is 362 g/mol. The number of nitro groups is 1. The number of thiazole rings is 1. The van der Waals surface area contributed by atoms with Gasteiger partial charge in [-0.05, 0) is 31.0 Å². The van der Waals surface area contributed by atoms with E-state index < -0.39 is 4.92 Å². The number of benzene rings is 2. The minimum atomic E-state index is -0.451. The molecule has 0 spiro atoms. The molecule has 0 bridgehead atoms. The number of aryl methyl sites for hydroxylation is 2. The molecule has 0 N–H and O–H groups in total. The number of amides is 1. The SMILES string of the molecule is C#CCn1c(=NC(=O)Cc2cc(C)ccc2C)sc2cc([N+](=O)[O-])ccc21. The third kappa shape index (κ3) is 3.96. The van der Waals surface area contributed by atoms with E-state index in [2.05, 4.69) is 10.9 Å². The smallest absolute Gasteiger partial charge is 0.270 e. The first-order valence-corrected chi connectivity index (χ1v) is 9.05. The van der Waals surface area contributed by atoms with Gasteiger partial charge in [0.25, 0.3) is 11.6 Å². The molecule has 3 rings (SSSR count). The molecule has 0 fully saturated rings. The maximum absolute atomic E-state index is 12.5. The number of hydrogen-bond acceptors (Lipinski definition) is 4. The van der Waals surface area contributed by atoms with Gasteiger partial charge in [-0.3, -0.25) is 14.9 Å². The van der Waals surface area contributed by atoms with Crippen molar-refractivity contribution >= 4 is 33.1 Å². The maximum Gasteiger partial charge on any atom is 0.270 e. The van der Waals surface area contributed by atoms with Crippen LogP contribution < -0.4 is 4.80 Å². The van der Waals surface area contributed by atoms with Crippen LogP contribution in [0.2, 0.25) is 0 Å². The van der Waals surface area contributed by atoms with E-state index in [9.17, 15) is 14.9 Å². The van der Waals surface area contributed by atoms with Gasteiger partial charge in [-0.1, -0.05) is 41.0 Å². The van der Waals surface area contributed by atoms with Crippen LogP contribution in [0.3, 0.4) is 0 Å². The largest absolute Gasteiger partial charge is 0.305 e. The Hall–Kier alpha value is -3.24. The molecule has 2 aromatic carbocycles. The molecule has 27 heavy (non-hydrogen) atoms. The second-order valence-electron chi connectivity index (χ2n) is 6.20. The van der Waals surface area contributed by atoms with E-state index in [1.165, 1.54) is 23.5 Å². The van der Waals surface area contributed by atoms with Crippen LogP contribution in [0.5, 0.6) is 0 Å². The van der Waals surface area contributed by atoms with Crippen molar-refractivity contribution in [3.63, 3.8) is 0 Å². The summed E-state index contributed by atoms with van der Waals surface area (Å²) >= 11 is 1.22. The standard InChI is InChI=1S/C20H17N3O3S/c1-4-9-22-17-8-7-16(23(25)26)12-18(17)27-20(22)21-19(24)11-15-10-13(2)5-6-14(15)3/h1,5-8,10,12H,9,11H2,2-3H3. The van der Waals surface area contributed by atoms with Crippen molar-refractivity contribution in [3.05, 3.63) is 68.0 Å². The van der Waals surface area contributed by atoms with Crippen molar-refractivity contribution in [2.75, 3.05) is 0 Å². The van der Waals surface area contributed by atoms with E-state index in [1.807, 2.05) is 32.0 Å². The third-order valence-corrected chi connectivity index (χ3v) is 5.23. The molecule has 0 radical (unpaired) electrons. The average molecular weight is 379 g/mol. The molecule has 6 nitrogen and oxygen atoms in total. The number of terminal acetylenes is 1. The van der Waals surface area contributed by atoms with E-state index in [1.54, 1.807) is 10.6 Å². The number of nitro benzene ring substituents is 1. The van der Waals surface area contributed by atoms with Gasteiger partial charge in [0.2, 0.25) is 0 Å². The number of non-ortho nitro benzene ring substituents is 1. The number of fused-ring (bicyclic) bond motifs is 1. The summed E-state index contributed by atoms with van der Waals surface area (Å²) in [4.78, 5) is 27.7.